The molecule has 0 aliphatic rings. The van der Waals surface area contributed by atoms with Gasteiger partial charge in [0.05, 0.1) is 24.9 Å². The van der Waals surface area contributed by atoms with Crippen LogP contribution in [0.25, 0.3) is 0 Å². The topological polar surface area (TPSA) is 127 Å². The van der Waals surface area contributed by atoms with Crippen molar-refractivity contribution in [2.45, 2.75) is 0 Å². The smallest absolute Gasteiger partial charge is 0.329 e. The predicted molar refractivity (Wildman–Crippen MR) is 139 cm³/mol. The standard InChI is InChI=1S/C25H23BrN4O6/c1-34-19-10-8-18(9-11-19)29-24(32)25(33)30-27-14-16-12-20(26)23(21(13-16)35-2)36-15-22(31)28-17-6-4-3-5-7-17/h3-14H,15H2,1-2H3,(H,28,31)(H,29,32)(H,30,33)/b27-14-. The fourth-order valence-corrected chi connectivity index (χ4v) is 3.46. The van der Waals surface area contributed by atoms with Gasteiger partial charge in [-0.25, -0.2) is 5.43 Å². The fourth-order valence-electron chi connectivity index (χ4n) is 2.89. The molecule has 10 nitrogen and oxygen atoms in total. The Balaban J connectivity index is 1.56. The maximum atomic E-state index is 12.2. The Labute approximate surface area is 215 Å². The molecule has 0 unspecified atom stereocenters. The van der Waals surface area contributed by atoms with Gasteiger partial charge in [-0.15, -0.1) is 0 Å². The van der Waals surface area contributed by atoms with E-state index in [-0.39, 0.29) is 12.5 Å². The summed E-state index contributed by atoms with van der Waals surface area (Å²) in [5, 5.41) is 9.00. The van der Waals surface area contributed by atoms with Crippen LogP contribution in [0.5, 0.6) is 17.2 Å². The van der Waals surface area contributed by atoms with Gasteiger partial charge in [-0.05, 0) is 70.0 Å². The summed E-state index contributed by atoms with van der Waals surface area (Å²) in [7, 11) is 2.98. The first-order valence-electron chi connectivity index (χ1n) is 10.5. The van der Waals surface area contributed by atoms with E-state index >= 15 is 0 Å². The van der Waals surface area contributed by atoms with Crippen LogP contribution in [0.4, 0.5) is 11.4 Å². The number of nitrogens with one attached hydrogen (secondary N) is 3. The Bertz CT molecular complexity index is 1250. The van der Waals surface area contributed by atoms with Gasteiger partial charge in [-0.3, -0.25) is 14.4 Å². The Kier molecular flexibility index (Phi) is 9.40. The average molecular weight is 555 g/mol. The predicted octanol–water partition coefficient (Wildman–Crippen LogP) is 3.57. The summed E-state index contributed by atoms with van der Waals surface area (Å²) in [5.74, 6) is -0.888. The Morgan fingerprint density at radius 1 is 0.889 bits per heavy atom. The number of methoxy groups -OCH3 is 2. The summed E-state index contributed by atoms with van der Waals surface area (Å²) in [6.45, 7) is -0.239. The van der Waals surface area contributed by atoms with Crippen LogP contribution in [0.3, 0.4) is 0 Å². The van der Waals surface area contributed by atoms with Gasteiger partial charge >= 0.3 is 11.8 Å². The van der Waals surface area contributed by atoms with E-state index in [2.05, 4.69) is 37.1 Å². The molecule has 0 aromatic heterocycles. The normalized spacial score (nSPS) is 10.4. The van der Waals surface area contributed by atoms with Gasteiger partial charge in [0.15, 0.2) is 18.1 Å². The first-order chi connectivity index (χ1) is 17.4. The lowest BCUT2D eigenvalue weighted by atomic mass is 10.2. The molecule has 3 aromatic rings. The van der Waals surface area contributed by atoms with Crippen molar-refractivity contribution >= 4 is 51.2 Å². The van der Waals surface area contributed by atoms with Crippen LogP contribution < -0.4 is 30.3 Å². The van der Waals surface area contributed by atoms with Crippen LogP contribution in [0.15, 0.2) is 76.3 Å². The molecule has 0 aliphatic carbocycles. The van der Waals surface area contributed by atoms with Gasteiger partial charge in [0, 0.05) is 11.4 Å². The molecule has 186 valence electrons. The number of ether oxygens (including phenoxy) is 3. The van der Waals surface area contributed by atoms with Gasteiger partial charge in [0.25, 0.3) is 5.91 Å². The van der Waals surface area contributed by atoms with E-state index in [9.17, 15) is 14.4 Å². The van der Waals surface area contributed by atoms with Crippen LogP contribution in [0.1, 0.15) is 5.56 Å². The molecule has 0 radical (unpaired) electrons. The van der Waals surface area contributed by atoms with Crippen molar-refractivity contribution in [1.82, 2.24) is 5.43 Å². The number of hydrazone groups is 1. The SMILES string of the molecule is COc1ccc(NC(=O)C(=O)N/N=C\c2cc(Br)c(OCC(=O)Nc3ccccc3)c(OC)c2)cc1. The zero-order valence-corrected chi connectivity index (χ0v) is 21.0. The Morgan fingerprint density at radius 3 is 2.25 bits per heavy atom. The van der Waals surface area contributed by atoms with Crippen molar-refractivity contribution in [1.29, 1.82) is 0 Å². The highest BCUT2D eigenvalue weighted by Gasteiger charge is 2.15. The summed E-state index contributed by atoms with van der Waals surface area (Å²) >= 11 is 3.39. The van der Waals surface area contributed by atoms with Crippen molar-refractivity contribution < 1.29 is 28.6 Å². The second-order valence-electron chi connectivity index (χ2n) is 7.12. The summed E-state index contributed by atoms with van der Waals surface area (Å²) in [5.41, 5.74) is 3.79. The minimum absolute atomic E-state index is 0.239. The summed E-state index contributed by atoms with van der Waals surface area (Å²) in [6, 6.07) is 18.8. The van der Waals surface area contributed by atoms with E-state index in [0.717, 1.165) is 0 Å². The molecule has 3 rings (SSSR count). The Morgan fingerprint density at radius 2 is 1.58 bits per heavy atom. The third-order valence-corrected chi connectivity index (χ3v) is 5.18. The number of carbonyl (C=O) groups excluding carboxylic acids is 3. The van der Waals surface area contributed by atoms with E-state index in [1.165, 1.54) is 20.4 Å². The molecule has 36 heavy (non-hydrogen) atoms. The van der Waals surface area contributed by atoms with Crippen LogP contribution in [0.2, 0.25) is 0 Å². The number of anilines is 2. The van der Waals surface area contributed by atoms with Gasteiger partial charge in [-0.2, -0.15) is 5.10 Å². The quantitative estimate of drug-likeness (QED) is 0.211. The van der Waals surface area contributed by atoms with Crippen LogP contribution >= 0.6 is 15.9 Å². The number of rotatable bonds is 9. The third kappa shape index (κ3) is 7.57. The number of halogens is 1. The highest BCUT2D eigenvalue weighted by molar-refractivity contribution is 9.10. The van der Waals surface area contributed by atoms with E-state index in [1.54, 1.807) is 48.5 Å². The molecule has 0 saturated heterocycles. The number of para-hydroxylation sites is 1. The zero-order chi connectivity index (χ0) is 25.9. The third-order valence-electron chi connectivity index (χ3n) is 4.59. The molecular weight excluding hydrogens is 532 g/mol. The molecular formula is C25H23BrN4O6. The zero-order valence-electron chi connectivity index (χ0n) is 19.4. The van der Waals surface area contributed by atoms with Gasteiger partial charge < -0.3 is 24.8 Å². The second-order valence-corrected chi connectivity index (χ2v) is 7.97. The molecule has 3 N–H and O–H groups in total. The number of hydrogen-bond donors (Lipinski definition) is 3. The maximum Gasteiger partial charge on any atom is 0.329 e. The number of nitrogens with zero attached hydrogens (tertiary/aromatic N) is 1. The first-order valence-corrected chi connectivity index (χ1v) is 11.3. The molecule has 0 aliphatic heterocycles. The molecule has 11 heteroatoms. The number of benzene rings is 3. The van der Waals surface area contributed by atoms with Gasteiger partial charge in [0.1, 0.15) is 5.75 Å². The lowest BCUT2D eigenvalue weighted by Crippen LogP contribution is -2.32. The van der Waals surface area contributed by atoms with Crippen LogP contribution in [-0.2, 0) is 14.4 Å². The molecule has 3 aromatic carbocycles. The summed E-state index contributed by atoms with van der Waals surface area (Å²) in [6.07, 6.45) is 1.33. The molecule has 0 fully saturated rings. The largest absolute Gasteiger partial charge is 0.497 e. The monoisotopic (exact) mass is 554 g/mol. The van der Waals surface area contributed by atoms with Crippen molar-refractivity contribution in [3.8, 4) is 17.2 Å². The van der Waals surface area contributed by atoms with Crippen molar-refractivity contribution in [3.63, 3.8) is 0 Å². The molecule has 0 bridgehead atoms. The molecule has 0 atom stereocenters. The van der Waals surface area contributed by atoms with Crippen molar-refractivity contribution in [3.05, 3.63) is 76.8 Å². The van der Waals surface area contributed by atoms with Crippen molar-refractivity contribution in [2.75, 3.05) is 31.5 Å². The molecule has 3 amide bonds. The number of carbonyl (C=O) groups is 3. The Hall–Kier alpha value is -4.38. The minimum atomic E-state index is -0.947. The van der Waals surface area contributed by atoms with Crippen molar-refractivity contribution in [2.24, 2.45) is 5.10 Å². The highest BCUT2D eigenvalue weighted by atomic mass is 79.9. The lowest BCUT2D eigenvalue weighted by molar-refractivity contribution is -0.136. The van der Waals surface area contributed by atoms with Gasteiger partial charge in [0.2, 0.25) is 0 Å². The fraction of sp³-hybridized carbons (Fsp3) is 0.120. The summed E-state index contributed by atoms with van der Waals surface area (Å²) < 4.78 is 16.5. The second kappa shape index (κ2) is 12.9. The first kappa shape index (κ1) is 26.2. The summed E-state index contributed by atoms with van der Waals surface area (Å²) in [4.78, 5) is 36.3. The highest BCUT2D eigenvalue weighted by Crippen LogP contribution is 2.36. The molecule has 0 saturated carbocycles. The minimum Gasteiger partial charge on any atom is -0.497 e. The number of amides is 3. The van der Waals surface area contributed by atoms with E-state index in [1.807, 2.05) is 18.2 Å². The van der Waals surface area contributed by atoms with Crippen LogP contribution in [-0.4, -0.2) is 44.8 Å². The average Bonchev–Trinajstić information content (AvgIpc) is 2.88. The molecule has 0 spiro atoms. The number of hydrogen-bond acceptors (Lipinski definition) is 7. The van der Waals surface area contributed by atoms with E-state index < -0.39 is 11.8 Å². The van der Waals surface area contributed by atoms with Crippen LogP contribution in [0, 0.1) is 0 Å². The maximum absolute atomic E-state index is 12.2. The van der Waals surface area contributed by atoms with E-state index in [4.69, 9.17) is 14.2 Å². The van der Waals surface area contributed by atoms with E-state index in [0.29, 0.717) is 38.7 Å². The molecule has 0 heterocycles. The lowest BCUT2D eigenvalue weighted by Gasteiger charge is -2.13. The van der Waals surface area contributed by atoms with Gasteiger partial charge in [-0.1, -0.05) is 18.2 Å².